The lowest BCUT2D eigenvalue weighted by Crippen LogP contribution is -2.38. The van der Waals surface area contributed by atoms with Gasteiger partial charge in [-0.15, -0.1) is 0 Å². The normalized spacial score (nSPS) is 14.9. The van der Waals surface area contributed by atoms with Gasteiger partial charge >= 0.3 is 0 Å². The van der Waals surface area contributed by atoms with Crippen molar-refractivity contribution in [3.8, 4) is 0 Å². The van der Waals surface area contributed by atoms with E-state index >= 15 is 0 Å². The van der Waals surface area contributed by atoms with E-state index in [-0.39, 0.29) is 5.41 Å². The van der Waals surface area contributed by atoms with Crippen LogP contribution in [0.4, 0.5) is 0 Å². The molecule has 0 fully saturated rings. The number of halogens is 1. The lowest BCUT2D eigenvalue weighted by Gasteiger charge is -2.34. The van der Waals surface area contributed by atoms with Gasteiger partial charge in [-0.25, -0.2) is 0 Å². The second-order valence-corrected chi connectivity index (χ2v) is 6.31. The summed E-state index contributed by atoms with van der Waals surface area (Å²) in [5.74, 6) is 0.586. The molecular weight excluding hydrogens is 258 g/mol. The van der Waals surface area contributed by atoms with Gasteiger partial charge in [-0.1, -0.05) is 39.3 Å². The Kier molecular flexibility index (Phi) is 5.87. The van der Waals surface area contributed by atoms with E-state index < -0.39 is 0 Å². The molecule has 0 amide bonds. The van der Waals surface area contributed by atoms with Gasteiger partial charge in [0, 0.05) is 13.1 Å². The van der Waals surface area contributed by atoms with Gasteiger partial charge in [0.15, 0.2) is 0 Å². The standard InChI is InChI=1S/C15H28ClN3/c1-7-17-10-15(6,11(3)4)9-13-14(16)12(5)18-19(13)8-2/h11,17H,7-10H2,1-6H3. The monoisotopic (exact) mass is 285 g/mol. The molecule has 1 rings (SSSR count). The predicted molar refractivity (Wildman–Crippen MR) is 82.8 cm³/mol. The molecule has 1 aromatic rings. The highest BCUT2D eigenvalue weighted by atomic mass is 35.5. The summed E-state index contributed by atoms with van der Waals surface area (Å²) in [7, 11) is 0. The van der Waals surface area contributed by atoms with Crippen molar-refractivity contribution in [3.05, 3.63) is 16.4 Å². The second-order valence-electron chi connectivity index (χ2n) is 5.93. The van der Waals surface area contributed by atoms with Crippen molar-refractivity contribution in [1.82, 2.24) is 15.1 Å². The first-order valence-corrected chi connectivity index (χ1v) is 7.66. The lowest BCUT2D eigenvalue weighted by molar-refractivity contribution is 0.204. The summed E-state index contributed by atoms with van der Waals surface area (Å²) in [6.45, 7) is 16.0. The summed E-state index contributed by atoms with van der Waals surface area (Å²) in [5, 5.41) is 8.84. The molecule has 1 atom stereocenters. The molecule has 110 valence electrons. The fraction of sp³-hybridized carbons (Fsp3) is 0.800. The van der Waals surface area contributed by atoms with Crippen molar-refractivity contribution in [1.29, 1.82) is 0 Å². The van der Waals surface area contributed by atoms with E-state index in [1.807, 2.05) is 11.6 Å². The van der Waals surface area contributed by atoms with Crippen molar-refractivity contribution in [2.45, 2.75) is 54.5 Å². The molecule has 0 spiro atoms. The minimum absolute atomic E-state index is 0.193. The molecule has 19 heavy (non-hydrogen) atoms. The maximum atomic E-state index is 6.43. The number of nitrogens with zero attached hydrogens (tertiary/aromatic N) is 2. The van der Waals surface area contributed by atoms with Crippen LogP contribution >= 0.6 is 11.6 Å². The number of aromatic nitrogens is 2. The van der Waals surface area contributed by atoms with Crippen LogP contribution in [0.2, 0.25) is 5.02 Å². The van der Waals surface area contributed by atoms with E-state index in [2.05, 4.69) is 45.0 Å². The molecule has 0 aromatic carbocycles. The van der Waals surface area contributed by atoms with Crippen LogP contribution in [0, 0.1) is 18.3 Å². The summed E-state index contributed by atoms with van der Waals surface area (Å²) in [6, 6.07) is 0. The minimum atomic E-state index is 0.193. The third-order valence-electron chi connectivity index (χ3n) is 4.20. The molecule has 0 bridgehead atoms. The third-order valence-corrected chi connectivity index (χ3v) is 4.69. The smallest absolute Gasteiger partial charge is 0.0847 e. The van der Waals surface area contributed by atoms with Crippen LogP contribution in [0.1, 0.15) is 46.0 Å². The first-order valence-electron chi connectivity index (χ1n) is 7.28. The Bertz CT molecular complexity index is 412. The van der Waals surface area contributed by atoms with Gasteiger partial charge in [0.1, 0.15) is 0 Å². The largest absolute Gasteiger partial charge is 0.316 e. The zero-order valence-electron chi connectivity index (χ0n) is 13.2. The summed E-state index contributed by atoms with van der Waals surface area (Å²) in [6.07, 6.45) is 0.963. The Morgan fingerprint density at radius 1 is 1.37 bits per heavy atom. The Morgan fingerprint density at radius 2 is 2.00 bits per heavy atom. The fourth-order valence-electron chi connectivity index (χ4n) is 2.30. The molecule has 0 aliphatic rings. The Morgan fingerprint density at radius 3 is 2.47 bits per heavy atom. The molecule has 0 saturated heterocycles. The van der Waals surface area contributed by atoms with Crippen molar-refractivity contribution in [3.63, 3.8) is 0 Å². The van der Waals surface area contributed by atoms with E-state index in [0.29, 0.717) is 5.92 Å². The quantitative estimate of drug-likeness (QED) is 0.828. The van der Waals surface area contributed by atoms with Gasteiger partial charge in [-0.05, 0) is 38.1 Å². The zero-order valence-corrected chi connectivity index (χ0v) is 13.9. The first-order chi connectivity index (χ1) is 8.85. The Labute approximate surface area is 122 Å². The summed E-state index contributed by atoms with van der Waals surface area (Å²) < 4.78 is 2.05. The van der Waals surface area contributed by atoms with Crippen molar-refractivity contribution in [2.75, 3.05) is 13.1 Å². The molecule has 3 nitrogen and oxygen atoms in total. The highest BCUT2D eigenvalue weighted by Gasteiger charge is 2.31. The van der Waals surface area contributed by atoms with Crippen LogP contribution in [-0.2, 0) is 13.0 Å². The number of aryl methyl sites for hydroxylation is 2. The average Bonchev–Trinajstić information content (AvgIpc) is 2.63. The molecule has 0 aliphatic carbocycles. The molecule has 1 N–H and O–H groups in total. The maximum Gasteiger partial charge on any atom is 0.0847 e. The number of nitrogens with one attached hydrogen (secondary N) is 1. The van der Waals surface area contributed by atoms with Crippen LogP contribution < -0.4 is 5.32 Å². The van der Waals surface area contributed by atoms with Crippen molar-refractivity contribution < 1.29 is 0 Å². The third kappa shape index (κ3) is 3.73. The Hall–Kier alpha value is -0.540. The van der Waals surface area contributed by atoms with Crippen LogP contribution in [0.5, 0.6) is 0 Å². The molecular formula is C15H28ClN3. The summed E-state index contributed by atoms with van der Waals surface area (Å²) in [5.41, 5.74) is 2.31. The lowest BCUT2D eigenvalue weighted by atomic mass is 9.75. The van der Waals surface area contributed by atoms with Crippen LogP contribution in [0.25, 0.3) is 0 Å². The van der Waals surface area contributed by atoms with E-state index in [9.17, 15) is 0 Å². The van der Waals surface area contributed by atoms with Gasteiger partial charge in [0.2, 0.25) is 0 Å². The molecule has 1 unspecified atom stereocenters. The number of rotatable bonds is 7. The van der Waals surface area contributed by atoms with E-state index in [0.717, 1.165) is 36.8 Å². The van der Waals surface area contributed by atoms with E-state index in [1.54, 1.807) is 0 Å². The van der Waals surface area contributed by atoms with Crippen molar-refractivity contribution >= 4 is 11.6 Å². The highest BCUT2D eigenvalue weighted by molar-refractivity contribution is 6.31. The predicted octanol–water partition coefficient (Wildman–Crippen LogP) is 3.68. The first kappa shape index (κ1) is 16.5. The molecule has 0 aliphatic heterocycles. The summed E-state index contributed by atoms with van der Waals surface area (Å²) in [4.78, 5) is 0. The van der Waals surface area contributed by atoms with Gasteiger partial charge in [-0.2, -0.15) is 5.10 Å². The average molecular weight is 286 g/mol. The maximum absolute atomic E-state index is 6.43. The number of hydrogen-bond donors (Lipinski definition) is 1. The fourth-order valence-corrected chi connectivity index (χ4v) is 2.50. The summed E-state index contributed by atoms with van der Waals surface area (Å²) >= 11 is 6.43. The second kappa shape index (κ2) is 6.76. The van der Waals surface area contributed by atoms with Gasteiger partial charge in [0.05, 0.1) is 16.4 Å². The minimum Gasteiger partial charge on any atom is -0.316 e. The highest BCUT2D eigenvalue weighted by Crippen LogP contribution is 2.34. The van der Waals surface area contributed by atoms with Crippen LogP contribution in [0.15, 0.2) is 0 Å². The van der Waals surface area contributed by atoms with Crippen molar-refractivity contribution in [2.24, 2.45) is 11.3 Å². The SMILES string of the molecule is CCNCC(C)(Cc1c(Cl)c(C)nn1CC)C(C)C. The molecule has 1 aromatic heterocycles. The Balaban J connectivity index is 3.02. The number of hydrogen-bond acceptors (Lipinski definition) is 2. The van der Waals surface area contributed by atoms with Gasteiger partial charge < -0.3 is 5.32 Å². The van der Waals surface area contributed by atoms with E-state index in [4.69, 9.17) is 11.6 Å². The topological polar surface area (TPSA) is 29.9 Å². The van der Waals surface area contributed by atoms with Crippen LogP contribution in [-0.4, -0.2) is 22.9 Å². The van der Waals surface area contributed by atoms with Gasteiger partial charge in [-0.3, -0.25) is 4.68 Å². The molecule has 0 radical (unpaired) electrons. The molecule has 1 heterocycles. The van der Waals surface area contributed by atoms with E-state index in [1.165, 1.54) is 5.69 Å². The van der Waals surface area contributed by atoms with Crippen LogP contribution in [0.3, 0.4) is 0 Å². The molecule has 0 saturated carbocycles. The zero-order chi connectivity index (χ0) is 14.6. The van der Waals surface area contributed by atoms with Gasteiger partial charge in [0.25, 0.3) is 0 Å². The molecule has 4 heteroatoms.